The number of aryl methyl sites for hydroxylation is 1. The van der Waals surface area contributed by atoms with Gasteiger partial charge in [-0.3, -0.25) is 14.7 Å². The van der Waals surface area contributed by atoms with Crippen LogP contribution in [0.15, 0.2) is 91.1 Å². The van der Waals surface area contributed by atoms with Crippen LogP contribution < -0.4 is 19.5 Å². The van der Waals surface area contributed by atoms with Gasteiger partial charge in [0.05, 0.1) is 23.2 Å². The second-order valence-corrected chi connectivity index (χ2v) is 16.7. The molecule has 2 aliphatic rings. The van der Waals surface area contributed by atoms with E-state index in [0.29, 0.717) is 59.9 Å². The first kappa shape index (κ1) is 40.0. The van der Waals surface area contributed by atoms with Gasteiger partial charge < -0.3 is 24.3 Å². The van der Waals surface area contributed by atoms with Gasteiger partial charge in [-0.05, 0) is 113 Å². The Morgan fingerprint density at radius 3 is 2.37 bits per heavy atom. The highest BCUT2D eigenvalue weighted by Gasteiger charge is 2.37. The number of amides is 2. The van der Waals surface area contributed by atoms with E-state index >= 15 is 0 Å². The van der Waals surface area contributed by atoms with Crippen molar-refractivity contribution in [2.24, 2.45) is 5.41 Å². The number of benzene rings is 4. The van der Waals surface area contributed by atoms with E-state index in [9.17, 15) is 9.59 Å². The lowest BCUT2D eigenvalue weighted by Crippen LogP contribution is -2.53. The van der Waals surface area contributed by atoms with Crippen LogP contribution in [0.2, 0.25) is 10.0 Å². The van der Waals surface area contributed by atoms with Crippen molar-refractivity contribution >= 4 is 35.2 Å². The third-order valence-corrected chi connectivity index (χ3v) is 11.0. The molecule has 9 nitrogen and oxygen atoms in total. The van der Waals surface area contributed by atoms with Gasteiger partial charge in [0.2, 0.25) is 5.91 Å². The number of carbonyl (C=O) groups excluding carboxylic acids is 2. The molecule has 0 spiro atoms. The van der Waals surface area contributed by atoms with Crippen molar-refractivity contribution in [3.63, 3.8) is 0 Å². The van der Waals surface area contributed by atoms with E-state index in [-0.39, 0.29) is 30.6 Å². The zero-order valence-electron chi connectivity index (χ0n) is 32.9. The van der Waals surface area contributed by atoms with Gasteiger partial charge in [-0.15, -0.1) is 0 Å². The molecule has 0 fully saturated rings. The quantitative estimate of drug-likeness (QED) is 0.150. The molecule has 2 aliphatic heterocycles. The normalized spacial score (nSPS) is 16.1. The minimum atomic E-state index is -0.752. The number of fused-ring (bicyclic) bond motifs is 2. The van der Waals surface area contributed by atoms with Crippen molar-refractivity contribution in [2.45, 2.75) is 72.8 Å². The first-order valence-corrected chi connectivity index (χ1v) is 19.9. The van der Waals surface area contributed by atoms with Gasteiger partial charge in [0.15, 0.2) is 17.6 Å². The summed E-state index contributed by atoms with van der Waals surface area (Å²) in [4.78, 5) is 33.4. The Morgan fingerprint density at radius 1 is 0.895 bits per heavy atom. The minimum absolute atomic E-state index is 0.192. The number of pyridine rings is 1. The molecule has 1 N–H and O–H groups in total. The molecule has 2 amide bonds. The fourth-order valence-corrected chi connectivity index (χ4v) is 7.25. The van der Waals surface area contributed by atoms with Crippen LogP contribution in [0, 0.1) is 19.3 Å². The highest BCUT2D eigenvalue weighted by atomic mass is 35.5. The van der Waals surface area contributed by atoms with Gasteiger partial charge in [0.25, 0.3) is 0 Å². The SMILES string of the molecule is Cc1nccc(-c2ccc(CCNC(=O)C3Cc4cc5c(cc4CN3C(=O)OCC(C)(C)C)OC(c3ccc(OCc4ccc(Cl)c(Cl)c4)cc3)CO5)cc2)c1C. The molecule has 5 aromatic rings. The number of halogens is 2. The van der Waals surface area contributed by atoms with Crippen molar-refractivity contribution in [1.82, 2.24) is 15.2 Å². The van der Waals surface area contributed by atoms with Gasteiger partial charge in [0, 0.05) is 24.9 Å². The van der Waals surface area contributed by atoms with Crippen LogP contribution in [0.25, 0.3) is 11.1 Å². The average molecular weight is 809 g/mol. The highest BCUT2D eigenvalue weighted by Crippen LogP contribution is 2.41. The van der Waals surface area contributed by atoms with Gasteiger partial charge in [0.1, 0.15) is 25.0 Å². The number of hydrogen-bond acceptors (Lipinski definition) is 7. The maximum atomic E-state index is 13.8. The molecular weight excluding hydrogens is 761 g/mol. The zero-order chi connectivity index (χ0) is 40.3. The van der Waals surface area contributed by atoms with Gasteiger partial charge in [-0.2, -0.15) is 0 Å². The lowest BCUT2D eigenvalue weighted by Gasteiger charge is -2.37. The van der Waals surface area contributed by atoms with E-state index in [2.05, 4.69) is 41.5 Å². The van der Waals surface area contributed by atoms with E-state index < -0.39 is 12.1 Å². The van der Waals surface area contributed by atoms with Crippen molar-refractivity contribution < 1.29 is 28.5 Å². The number of rotatable bonds is 10. The summed E-state index contributed by atoms with van der Waals surface area (Å²) in [6.07, 6.45) is 1.91. The molecule has 296 valence electrons. The Labute approximate surface area is 344 Å². The summed E-state index contributed by atoms with van der Waals surface area (Å²) in [5.74, 6) is 1.66. The zero-order valence-corrected chi connectivity index (χ0v) is 34.4. The lowest BCUT2D eigenvalue weighted by atomic mass is 9.92. The number of hydrogen-bond donors (Lipinski definition) is 1. The Balaban J connectivity index is 1.01. The predicted molar refractivity (Wildman–Crippen MR) is 222 cm³/mol. The molecule has 57 heavy (non-hydrogen) atoms. The van der Waals surface area contributed by atoms with E-state index in [1.165, 1.54) is 4.90 Å². The summed E-state index contributed by atoms with van der Waals surface area (Å²) in [7, 11) is 0. The van der Waals surface area contributed by atoms with Crippen LogP contribution in [0.4, 0.5) is 4.79 Å². The summed E-state index contributed by atoms with van der Waals surface area (Å²) >= 11 is 12.2. The second kappa shape index (κ2) is 17.1. The first-order chi connectivity index (χ1) is 27.3. The van der Waals surface area contributed by atoms with Crippen molar-refractivity contribution in [2.75, 3.05) is 19.8 Å². The number of nitrogens with zero attached hydrogens (tertiary/aromatic N) is 2. The molecule has 0 radical (unpaired) electrons. The minimum Gasteiger partial charge on any atom is -0.489 e. The Hall–Kier alpha value is -5.25. The molecule has 2 atom stereocenters. The standard InChI is InChI=1S/C46H47Cl2N3O6/c1-28-29(2)49-19-17-37(28)32-9-6-30(7-10-32)16-18-50-44(52)40-21-34-22-41-42(23-35(34)24-51(40)45(53)56-27-46(3,4)5)57-43(26-55-41)33-11-13-36(14-12-33)54-25-31-8-15-38(47)39(48)20-31/h6-15,17,19-20,22-23,40,43H,16,18,21,24-27H2,1-5H3,(H,50,52). The monoisotopic (exact) mass is 807 g/mol. The maximum Gasteiger partial charge on any atom is 0.410 e. The van der Waals surface area contributed by atoms with Crippen LogP contribution >= 0.6 is 23.2 Å². The number of nitrogens with one attached hydrogen (secondary N) is 1. The molecule has 3 heterocycles. The third kappa shape index (κ3) is 9.66. The fraction of sp³-hybridized carbons (Fsp3) is 0.326. The van der Waals surface area contributed by atoms with Crippen molar-refractivity contribution in [3.8, 4) is 28.4 Å². The maximum absolute atomic E-state index is 13.8. The lowest BCUT2D eigenvalue weighted by molar-refractivity contribution is -0.126. The second-order valence-electron chi connectivity index (χ2n) is 15.9. The Kier molecular flexibility index (Phi) is 12.0. The smallest absolute Gasteiger partial charge is 0.410 e. The largest absolute Gasteiger partial charge is 0.489 e. The molecule has 0 bridgehead atoms. The van der Waals surface area contributed by atoms with Gasteiger partial charge in [-0.1, -0.05) is 86.4 Å². The van der Waals surface area contributed by atoms with E-state index in [1.54, 1.807) is 12.1 Å². The molecule has 1 aromatic heterocycles. The van der Waals surface area contributed by atoms with Crippen molar-refractivity contribution in [3.05, 3.63) is 140 Å². The Morgan fingerprint density at radius 2 is 1.63 bits per heavy atom. The average Bonchev–Trinajstić information content (AvgIpc) is 3.20. The molecule has 4 aromatic carbocycles. The molecule has 11 heteroatoms. The molecule has 0 aliphatic carbocycles. The number of carbonyl (C=O) groups is 2. The summed E-state index contributed by atoms with van der Waals surface area (Å²) in [6, 6.07) is 26.6. The predicted octanol–water partition coefficient (Wildman–Crippen LogP) is 10.0. The van der Waals surface area contributed by atoms with Crippen LogP contribution in [0.5, 0.6) is 17.2 Å². The van der Waals surface area contributed by atoms with Crippen LogP contribution in [0.1, 0.15) is 65.9 Å². The van der Waals surface area contributed by atoms with Crippen molar-refractivity contribution in [1.29, 1.82) is 0 Å². The van der Waals surface area contributed by atoms with E-state index in [1.807, 2.05) is 82.4 Å². The molecule has 0 saturated heterocycles. The van der Waals surface area contributed by atoms with E-state index in [4.69, 9.17) is 42.1 Å². The molecule has 2 unspecified atom stereocenters. The topological polar surface area (TPSA) is 99.2 Å². The summed E-state index contributed by atoms with van der Waals surface area (Å²) in [6.45, 7) is 11.6. The first-order valence-electron chi connectivity index (χ1n) is 19.2. The van der Waals surface area contributed by atoms with Crippen LogP contribution in [-0.4, -0.2) is 47.7 Å². The highest BCUT2D eigenvalue weighted by molar-refractivity contribution is 6.42. The van der Waals surface area contributed by atoms with Crippen LogP contribution in [0.3, 0.4) is 0 Å². The fourth-order valence-electron chi connectivity index (χ4n) is 6.93. The van der Waals surface area contributed by atoms with E-state index in [0.717, 1.165) is 50.2 Å². The summed E-state index contributed by atoms with van der Waals surface area (Å²) < 4.78 is 24.4. The summed E-state index contributed by atoms with van der Waals surface area (Å²) in [5, 5.41) is 4.08. The Bertz CT molecular complexity index is 2260. The third-order valence-electron chi connectivity index (χ3n) is 10.3. The molecule has 7 rings (SSSR count). The van der Waals surface area contributed by atoms with Gasteiger partial charge >= 0.3 is 6.09 Å². The number of aromatic nitrogens is 1. The number of ether oxygens (including phenoxy) is 4. The molecule has 0 saturated carbocycles. The van der Waals surface area contributed by atoms with Gasteiger partial charge in [-0.25, -0.2) is 4.79 Å². The van der Waals surface area contributed by atoms with Crippen LogP contribution in [-0.2, 0) is 35.5 Å². The summed E-state index contributed by atoms with van der Waals surface area (Å²) in [5.41, 5.74) is 8.97. The molecular formula is C46H47Cl2N3O6.